The fourth-order valence-corrected chi connectivity index (χ4v) is 5.15. The molecule has 1 aromatic heterocycles. The van der Waals surface area contributed by atoms with Gasteiger partial charge in [-0.15, -0.1) is 5.10 Å². The van der Waals surface area contributed by atoms with Crippen LogP contribution in [0.25, 0.3) is 0 Å². The van der Waals surface area contributed by atoms with Crippen molar-refractivity contribution in [2.45, 2.75) is 30.3 Å². The molecule has 2 aromatic carbocycles. The van der Waals surface area contributed by atoms with Gasteiger partial charge in [0.05, 0.1) is 30.4 Å². The minimum Gasteiger partial charge on any atom is -0.495 e. The Morgan fingerprint density at radius 3 is 2.69 bits per heavy atom. The molecule has 1 aliphatic carbocycles. The zero-order valence-corrected chi connectivity index (χ0v) is 17.7. The largest absolute Gasteiger partial charge is 0.495 e. The van der Waals surface area contributed by atoms with Gasteiger partial charge in [0.25, 0.3) is 10.0 Å². The van der Waals surface area contributed by atoms with Crippen LogP contribution < -0.4 is 9.04 Å². The molecule has 0 aliphatic heterocycles. The number of hydrogen-bond acceptors (Lipinski definition) is 6. The summed E-state index contributed by atoms with van der Waals surface area (Å²) in [4.78, 5) is -0.108. The topological polar surface area (TPSA) is 90.2 Å². The van der Waals surface area contributed by atoms with E-state index in [4.69, 9.17) is 27.9 Å². The first kappa shape index (κ1) is 19.9. The van der Waals surface area contributed by atoms with Gasteiger partial charge in [-0.25, -0.2) is 13.1 Å². The number of rotatable bonds is 7. The molecule has 3 aromatic rings. The number of hydrogen-bond donors (Lipinski definition) is 0. The van der Waals surface area contributed by atoms with Crippen LogP contribution in [-0.2, 0) is 16.6 Å². The van der Waals surface area contributed by atoms with Crippen molar-refractivity contribution < 1.29 is 13.2 Å². The highest BCUT2D eigenvalue weighted by Crippen LogP contribution is 2.38. The Hall–Kier alpha value is -2.36. The molecule has 0 N–H and O–H groups in total. The second kappa shape index (κ2) is 7.81. The van der Waals surface area contributed by atoms with Crippen molar-refractivity contribution in [2.24, 2.45) is 0 Å². The fourth-order valence-electron chi connectivity index (χ4n) is 2.98. The number of aromatic nitrogens is 4. The van der Waals surface area contributed by atoms with Crippen molar-refractivity contribution >= 4 is 38.9 Å². The van der Waals surface area contributed by atoms with Gasteiger partial charge in [0.15, 0.2) is 5.82 Å². The predicted molar refractivity (Wildman–Crippen MR) is 109 cm³/mol. The molecular formula is C18H17Cl2N5O3S. The molecule has 0 radical (unpaired) electrons. The molecule has 0 saturated heterocycles. The molecular weight excluding hydrogens is 437 g/mol. The number of methoxy groups -OCH3 is 1. The Morgan fingerprint density at radius 1 is 1.21 bits per heavy atom. The summed E-state index contributed by atoms with van der Waals surface area (Å²) in [7, 11) is -2.63. The second-order valence-electron chi connectivity index (χ2n) is 6.53. The lowest BCUT2D eigenvalue weighted by Gasteiger charge is -2.26. The van der Waals surface area contributed by atoms with Gasteiger partial charge in [0.1, 0.15) is 10.6 Å². The van der Waals surface area contributed by atoms with Gasteiger partial charge < -0.3 is 4.74 Å². The van der Waals surface area contributed by atoms with Gasteiger partial charge in [-0.1, -0.05) is 35.3 Å². The zero-order chi connectivity index (χ0) is 20.6. The van der Waals surface area contributed by atoms with Crippen molar-refractivity contribution in [2.75, 3.05) is 11.4 Å². The average molecular weight is 454 g/mol. The van der Waals surface area contributed by atoms with Gasteiger partial charge in [0.2, 0.25) is 0 Å². The monoisotopic (exact) mass is 453 g/mol. The molecule has 0 amide bonds. The first-order valence-corrected chi connectivity index (χ1v) is 11.0. The van der Waals surface area contributed by atoms with E-state index in [0.29, 0.717) is 17.3 Å². The highest BCUT2D eigenvalue weighted by molar-refractivity contribution is 7.93. The highest BCUT2D eigenvalue weighted by atomic mass is 35.5. The standard InChI is InChI=1S/C18H17Cl2N5O3S/c1-28-16-5-3-2-4-15(16)24(11-18-21-22-23-25(18)13-7-8-13)29(26,27)17-10-12(19)6-9-14(17)20/h2-6,9-10,13H,7-8,11H2,1H3. The Labute approximate surface area is 178 Å². The van der Waals surface area contributed by atoms with Crippen molar-refractivity contribution in [1.82, 2.24) is 20.2 Å². The number of anilines is 1. The number of sulfonamides is 1. The minimum atomic E-state index is -4.11. The maximum absolute atomic E-state index is 13.6. The van der Waals surface area contributed by atoms with Gasteiger partial charge in [0, 0.05) is 5.02 Å². The van der Waals surface area contributed by atoms with Crippen molar-refractivity contribution in [1.29, 1.82) is 0 Å². The summed E-state index contributed by atoms with van der Waals surface area (Å²) in [5.41, 5.74) is 0.344. The van der Waals surface area contributed by atoms with Gasteiger partial charge >= 0.3 is 0 Å². The molecule has 0 bridgehead atoms. The number of tetrazole rings is 1. The van der Waals surface area contributed by atoms with Crippen LogP contribution in [0.3, 0.4) is 0 Å². The Balaban J connectivity index is 1.85. The van der Waals surface area contributed by atoms with Crippen molar-refractivity contribution in [3.05, 3.63) is 58.3 Å². The van der Waals surface area contributed by atoms with Crippen LogP contribution >= 0.6 is 23.2 Å². The zero-order valence-electron chi connectivity index (χ0n) is 15.4. The maximum atomic E-state index is 13.6. The lowest BCUT2D eigenvalue weighted by molar-refractivity contribution is 0.415. The van der Waals surface area contributed by atoms with Crippen LogP contribution in [0.2, 0.25) is 10.0 Å². The first-order chi connectivity index (χ1) is 13.9. The van der Waals surface area contributed by atoms with E-state index >= 15 is 0 Å². The van der Waals surface area contributed by atoms with E-state index in [0.717, 1.165) is 12.8 Å². The molecule has 8 nitrogen and oxygen atoms in total. The number of ether oxygens (including phenoxy) is 1. The van der Waals surface area contributed by atoms with Gasteiger partial charge in [-0.05, 0) is 53.6 Å². The third-order valence-corrected chi connectivity index (χ3v) is 7.03. The van der Waals surface area contributed by atoms with Crippen LogP contribution in [0.5, 0.6) is 5.75 Å². The second-order valence-corrected chi connectivity index (χ2v) is 9.20. The van der Waals surface area contributed by atoms with Crippen molar-refractivity contribution in [3.63, 3.8) is 0 Å². The van der Waals surface area contributed by atoms with Crippen LogP contribution in [-0.4, -0.2) is 35.7 Å². The summed E-state index contributed by atoms with van der Waals surface area (Å²) >= 11 is 12.3. The van der Waals surface area contributed by atoms with Gasteiger partial charge in [-0.3, -0.25) is 4.31 Å². The molecule has 1 heterocycles. The SMILES string of the molecule is COc1ccccc1N(Cc1nnnn1C1CC1)S(=O)(=O)c1cc(Cl)ccc1Cl. The smallest absolute Gasteiger partial charge is 0.266 e. The van der Waals surface area contributed by atoms with Gasteiger partial charge in [-0.2, -0.15) is 0 Å². The van der Waals surface area contributed by atoms with E-state index in [1.807, 2.05) is 0 Å². The molecule has 1 aliphatic rings. The van der Waals surface area contributed by atoms with Crippen LogP contribution in [0, 0.1) is 0 Å². The number of halogens is 2. The lowest BCUT2D eigenvalue weighted by atomic mass is 10.3. The molecule has 152 valence electrons. The highest BCUT2D eigenvalue weighted by Gasteiger charge is 2.34. The first-order valence-electron chi connectivity index (χ1n) is 8.79. The quantitative estimate of drug-likeness (QED) is 0.541. The van der Waals surface area contributed by atoms with Crippen LogP contribution in [0.15, 0.2) is 47.4 Å². The van der Waals surface area contributed by atoms with E-state index < -0.39 is 10.0 Å². The molecule has 1 saturated carbocycles. The number of benzene rings is 2. The molecule has 29 heavy (non-hydrogen) atoms. The number of nitrogens with zero attached hydrogens (tertiary/aromatic N) is 5. The third kappa shape index (κ3) is 3.90. The summed E-state index contributed by atoms with van der Waals surface area (Å²) in [6, 6.07) is 11.3. The average Bonchev–Trinajstić information content (AvgIpc) is 3.45. The van der Waals surface area contributed by atoms with Crippen LogP contribution in [0.4, 0.5) is 5.69 Å². The van der Waals surface area contributed by atoms with E-state index in [2.05, 4.69) is 15.5 Å². The van der Waals surface area contributed by atoms with E-state index in [1.54, 1.807) is 28.9 Å². The maximum Gasteiger partial charge on any atom is 0.266 e. The molecule has 0 atom stereocenters. The summed E-state index contributed by atoms with van der Waals surface area (Å²) in [5, 5.41) is 12.1. The third-order valence-electron chi connectivity index (χ3n) is 4.55. The summed E-state index contributed by atoms with van der Waals surface area (Å²) in [6.45, 7) is -0.0882. The predicted octanol–water partition coefficient (Wildman–Crippen LogP) is 3.72. The summed E-state index contributed by atoms with van der Waals surface area (Å²) in [5.74, 6) is 0.819. The Kier molecular flexibility index (Phi) is 5.37. The van der Waals surface area contributed by atoms with E-state index in [-0.39, 0.29) is 27.5 Å². The Bertz CT molecular complexity index is 1150. The number of para-hydroxylation sites is 2. The van der Waals surface area contributed by atoms with E-state index in [9.17, 15) is 8.42 Å². The minimum absolute atomic E-state index is 0.0658. The summed E-state index contributed by atoms with van der Waals surface area (Å²) in [6.07, 6.45) is 1.92. The molecule has 1 fully saturated rings. The normalized spacial score (nSPS) is 14.0. The lowest BCUT2D eigenvalue weighted by Crippen LogP contribution is -2.32. The molecule has 0 spiro atoms. The molecule has 11 heteroatoms. The summed E-state index contributed by atoms with van der Waals surface area (Å²) < 4.78 is 35.5. The fraction of sp³-hybridized carbons (Fsp3) is 0.278. The molecule has 4 rings (SSSR count). The Morgan fingerprint density at radius 2 is 1.97 bits per heavy atom. The molecule has 0 unspecified atom stereocenters. The van der Waals surface area contributed by atoms with Crippen molar-refractivity contribution in [3.8, 4) is 5.75 Å². The van der Waals surface area contributed by atoms with Crippen LogP contribution in [0.1, 0.15) is 24.7 Å². The van der Waals surface area contributed by atoms with E-state index in [1.165, 1.54) is 29.6 Å².